The van der Waals surface area contributed by atoms with E-state index in [2.05, 4.69) is 29.4 Å². The lowest BCUT2D eigenvalue weighted by Crippen LogP contribution is -2.30. The van der Waals surface area contributed by atoms with Gasteiger partial charge in [-0.25, -0.2) is 0 Å². The summed E-state index contributed by atoms with van der Waals surface area (Å²) in [5.41, 5.74) is 2.37. The van der Waals surface area contributed by atoms with Crippen LogP contribution in [0.25, 0.3) is 0 Å². The summed E-state index contributed by atoms with van der Waals surface area (Å²) in [5.74, 6) is 0.546. The van der Waals surface area contributed by atoms with Crippen LogP contribution >= 0.6 is 0 Å². The number of carbonyl (C=O) groups is 2. The van der Waals surface area contributed by atoms with Crippen LogP contribution in [0.15, 0.2) is 18.2 Å². The Labute approximate surface area is 162 Å². The first kappa shape index (κ1) is 19.7. The minimum atomic E-state index is -0.0561. The van der Waals surface area contributed by atoms with Crippen molar-refractivity contribution in [2.75, 3.05) is 29.9 Å². The van der Waals surface area contributed by atoms with Crippen molar-refractivity contribution in [2.45, 2.75) is 58.8 Å². The summed E-state index contributed by atoms with van der Waals surface area (Å²) >= 11 is 0. The molecule has 5 nitrogen and oxygen atoms in total. The fraction of sp³-hybridized carbons (Fsp3) is 0.636. The highest BCUT2D eigenvalue weighted by Crippen LogP contribution is 2.29. The topological polar surface area (TPSA) is 61.4 Å². The molecular weight excluding hydrogens is 338 g/mol. The highest BCUT2D eigenvalue weighted by Gasteiger charge is 2.23. The van der Waals surface area contributed by atoms with Crippen LogP contribution in [0.5, 0.6) is 0 Å². The molecule has 148 valence electrons. The Kier molecular flexibility index (Phi) is 6.75. The molecule has 1 saturated carbocycles. The van der Waals surface area contributed by atoms with E-state index in [9.17, 15) is 9.59 Å². The van der Waals surface area contributed by atoms with Gasteiger partial charge in [-0.3, -0.25) is 9.59 Å². The second-order valence-corrected chi connectivity index (χ2v) is 8.35. The second-order valence-electron chi connectivity index (χ2n) is 8.35. The number of hydrogen-bond donors (Lipinski definition) is 2. The molecule has 0 bridgehead atoms. The van der Waals surface area contributed by atoms with Gasteiger partial charge >= 0.3 is 0 Å². The predicted molar refractivity (Wildman–Crippen MR) is 110 cm³/mol. The summed E-state index contributed by atoms with van der Waals surface area (Å²) in [5, 5.41) is 6.08. The molecule has 2 N–H and O–H groups in total. The minimum Gasteiger partial charge on any atom is -0.371 e. The number of nitrogens with zero attached hydrogens (tertiary/aromatic N) is 1. The molecule has 1 saturated heterocycles. The Morgan fingerprint density at radius 1 is 1.07 bits per heavy atom. The summed E-state index contributed by atoms with van der Waals surface area (Å²) in [6.07, 6.45) is 7.76. The van der Waals surface area contributed by atoms with Crippen molar-refractivity contribution in [3.05, 3.63) is 23.8 Å². The van der Waals surface area contributed by atoms with E-state index in [0.717, 1.165) is 63.0 Å². The number of hydrogen-bond acceptors (Lipinski definition) is 3. The molecule has 1 aliphatic heterocycles. The van der Waals surface area contributed by atoms with Crippen molar-refractivity contribution in [3.8, 4) is 0 Å². The lowest BCUT2D eigenvalue weighted by molar-refractivity contribution is -0.120. The Hall–Kier alpha value is -2.04. The predicted octanol–water partition coefficient (Wildman–Crippen LogP) is 4.19. The molecule has 2 aliphatic rings. The Morgan fingerprint density at radius 2 is 1.78 bits per heavy atom. The molecule has 0 radical (unpaired) electrons. The van der Waals surface area contributed by atoms with Crippen LogP contribution in [0, 0.1) is 11.8 Å². The summed E-state index contributed by atoms with van der Waals surface area (Å²) < 4.78 is 0. The normalized spacial score (nSPS) is 18.0. The maximum atomic E-state index is 12.8. The molecule has 1 aromatic carbocycles. The average molecular weight is 372 g/mol. The quantitative estimate of drug-likeness (QED) is 0.788. The number of nitrogens with one attached hydrogen (secondary N) is 2. The monoisotopic (exact) mass is 371 g/mol. The first-order valence-corrected chi connectivity index (χ1v) is 10.5. The SMILES string of the molecule is CC(C)CNC(=O)c1cc(NC(=O)C2CCCCC2)ccc1N1CCCC1. The van der Waals surface area contributed by atoms with Gasteiger partial charge in [-0.2, -0.15) is 0 Å². The van der Waals surface area contributed by atoms with Crippen LogP contribution in [0.1, 0.15) is 69.2 Å². The standard InChI is InChI=1S/C22H33N3O2/c1-16(2)15-23-22(27)19-14-18(10-11-20(19)25-12-6-7-13-25)24-21(26)17-8-4-3-5-9-17/h10-11,14,16-17H,3-9,12-13,15H2,1-2H3,(H,23,27)(H,24,26). The Morgan fingerprint density at radius 3 is 2.44 bits per heavy atom. The van der Waals surface area contributed by atoms with Gasteiger partial charge in [-0.1, -0.05) is 33.1 Å². The van der Waals surface area contributed by atoms with Crippen LogP contribution < -0.4 is 15.5 Å². The molecule has 2 amide bonds. The van der Waals surface area contributed by atoms with Crippen LogP contribution in [-0.2, 0) is 4.79 Å². The lowest BCUT2D eigenvalue weighted by Gasteiger charge is -2.23. The van der Waals surface area contributed by atoms with Crippen LogP contribution in [0.4, 0.5) is 11.4 Å². The van der Waals surface area contributed by atoms with Gasteiger partial charge in [0.15, 0.2) is 0 Å². The van der Waals surface area contributed by atoms with E-state index in [4.69, 9.17) is 0 Å². The number of benzene rings is 1. The van der Waals surface area contributed by atoms with Crippen molar-refractivity contribution in [2.24, 2.45) is 11.8 Å². The van der Waals surface area contributed by atoms with Crippen molar-refractivity contribution in [1.82, 2.24) is 5.32 Å². The molecule has 0 atom stereocenters. The molecule has 1 aliphatic carbocycles. The molecule has 27 heavy (non-hydrogen) atoms. The third kappa shape index (κ3) is 5.24. The number of amides is 2. The average Bonchev–Trinajstić information content (AvgIpc) is 3.21. The van der Waals surface area contributed by atoms with Crippen LogP contribution in [-0.4, -0.2) is 31.4 Å². The van der Waals surface area contributed by atoms with E-state index < -0.39 is 0 Å². The molecule has 1 aromatic rings. The van der Waals surface area contributed by atoms with Crippen molar-refractivity contribution in [3.63, 3.8) is 0 Å². The van der Waals surface area contributed by atoms with Gasteiger partial charge in [0.2, 0.25) is 5.91 Å². The van der Waals surface area contributed by atoms with E-state index in [0.29, 0.717) is 18.0 Å². The molecule has 0 spiro atoms. The molecule has 3 rings (SSSR count). The minimum absolute atomic E-state index is 0.0561. The molecule has 5 heteroatoms. The largest absolute Gasteiger partial charge is 0.371 e. The van der Waals surface area contributed by atoms with Gasteiger partial charge in [0.05, 0.1) is 5.56 Å². The molecule has 0 unspecified atom stereocenters. The highest BCUT2D eigenvalue weighted by molar-refractivity contribution is 6.02. The van der Waals surface area contributed by atoms with E-state index in [-0.39, 0.29) is 17.7 Å². The number of rotatable bonds is 6. The summed E-state index contributed by atoms with van der Waals surface area (Å²) in [4.78, 5) is 27.7. The van der Waals surface area contributed by atoms with Crippen LogP contribution in [0.3, 0.4) is 0 Å². The van der Waals surface area contributed by atoms with E-state index in [1.807, 2.05) is 18.2 Å². The zero-order valence-corrected chi connectivity index (χ0v) is 16.7. The zero-order chi connectivity index (χ0) is 19.2. The van der Waals surface area contributed by atoms with Crippen LogP contribution in [0.2, 0.25) is 0 Å². The molecule has 0 aromatic heterocycles. The molecule has 1 heterocycles. The lowest BCUT2D eigenvalue weighted by atomic mass is 9.88. The zero-order valence-electron chi connectivity index (χ0n) is 16.7. The maximum Gasteiger partial charge on any atom is 0.253 e. The third-order valence-electron chi connectivity index (χ3n) is 5.60. The fourth-order valence-electron chi connectivity index (χ4n) is 4.03. The smallest absolute Gasteiger partial charge is 0.253 e. The van der Waals surface area contributed by atoms with Gasteiger partial charge < -0.3 is 15.5 Å². The first-order chi connectivity index (χ1) is 13.0. The summed E-state index contributed by atoms with van der Waals surface area (Å²) in [6, 6.07) is 5.78. The van der Waals surface area contributed by atoms with Crippen molar-refractivity contribution >= 4 is 23.2 Å². The third-order valence-corrected chi connectivity index (χ3v) is 5.60. The van der Waals surface area contributed by atoms with Gasteiger partial charge in [-0.05, 0) is 49.8 Å². The summed E-state index contributed by atoms with van der Waals surface area (Å²) in [6.45, 7) is 6.79. The van der Waals surface area contributed by atoms with Gasteiger partial charge in [0, 0.05) is 36.9 Å². The van der Waals surface area contributed by atoms with Gasteiger partial charge in [0.25, 0.3) is 5.91 Å². The summed E-state index contributed by atoms with van der Waals surface area (Å²) in [7, 11) is 0. The molecule has 2 fully saturated rings. The second kappa shape index (κ2) is 9.25. The van der Waals surface area contributed by atoms with Gasteiger partial charge in [-0.15, -0.1) is 0 Å². The maximum absolute atomic E-state index is 12.8. The Balaban J connectivity index is 1.77. The van der Waals surface area contributed by atoms with E-state index in [1.165, 1.54) is 6.42 Å². The number of anilines is 2. The van der Waals surface area contributed by atoms with Gasteiger partial charge in [0.1, 0.15) is 0 Å². The fourth-order valence-corrected chi connectivity index (χ4v) is 4.03. The van der Waals surface area contributed by atoms with E-state index in [1.54, 1.807) is 0 Å². The number of carbonyl (C=O) groups excluding carboxylic acids is 2. The first-order valence-electron chi connectivity index (χ1n) is 10.5. The van der Waals surface area contributed by atoms with E-state index >= 15 is 0 Å². The Bertz CT molecular complexity index is 660. The van der Waals surface area contributed by atoms with Crippen molar-refractivity contribution < 1.29 is 9.59 Å². The van der Waals surface area contributed by atoms with Crippen molar-refractivity contribution in [1.29, 1.82) is 0 Å². The highest BCUT2D eigenvalue weighted by atomic mass is 16.2. The molecular formula is C22H33N3O2.